The Kier molecular flexibility index (Phi) is 4.70. The predicted octanol–water partition coefficient (Wildman–Crippen LogP) is 3.73. The summed E-state index contributed by atoms with van der Waals surface area (Å²) in [5, 5.41) is 4.55. The third-order valence-corrected chi connectivity index (χ3v) is 6.63. The summed E-state index contributed by atoms with van der Waals surface area (Å²) in [7, 11) is 2.13. The summed E-state index contributed by atoms with van der Waals surface area (Å²) in [5.41, 5.74) is 6.34. The van der Waals surface area contributed by atoms with Crippen molar-refractivity contribution in [3.8, 4) is 0 Å². The lowest BCUT2D eigenvalue weighted by molar-refractivity contribution is 0.218. The Morgan fingerprint density at radius 1 is 1.00 bits per heavy atom. The topological polar surface area (TPSA) is 25.9 Å². The molecule has 0 radical (unpaired) electrons. The van der Waals surface area contributed by atoms with Gasteiger partial charge >= 0.3 is 0 Å². The average molecular weight is 390 g/mol. The average Bonchev–Trinajstić information content (AvgIpc) is 3.58. The second kappa shape index (κ2) is 7.38. The molecule has 1 saturated carbocycles. The lowest BCUT2D eigenvalue weighted by atomic mass is 10.1. The van der Waals surface area contributed by atoms with Gasteiger partial charge in [0.15, 0.2) is 0 Å². The first-order chi connectivity index (χ1) is 14.1. The summed E-state index contributed by atoms with van der Waals surface area (Å²) in [5.74, 6) is 1.92. The minimum Gasteiger partial charge on any atom is -0.368 e. The van der Waals surface area contributed by atoms with Crippen LogP contribution in [0.1, 0.15) is 35.4 Å². The second-order valence-corrected chi connectivity index (χ2v) is 8.66. The molecule has 0 unspecified atom stereocenters. The molecule has 5 heteroatoms. The molecule has 3 fully saturated rings. The molecule has 0 spiro atoms. The number of rotatable bonds is 5. The first-order valence-corrected chi connectivity index (χ1v) is 10.8. The van der Waals surface area contributed by atoms with Gasteiger partial charge in [0.25, 0.3) is 0 Å². The van der Waals surface area contributed by atoms with E-state index >= 15 is 0 Å². The van der Waals surface area contributed by atoms with Crippen LogP contribution in [0.25, 0.3) is 5.70 Å². The SMILES string of the molecule is C=C(c1ccc(N2CCN2C)cc1)N1CCN(c2ncc(C3CC3)cc2C)CC1. The highest BCUT2D eigenvalue weighted by Crippen LogP contribution is 2.40. The molecule has 5 nitrogen and oxygen atoms in total. The van der Waals surface area contributed by atoms with E-state index in [1.165, 1.54) is 35.2 Å². The third-order valence-electron chi connectivity index (χ3n) is 6.63. The number of likely N-dealkylation sites (N-methyl/N-ethyl adjacent to an activating group) is 1. The minimum atomic E-state index is 0.767. The van der Waals surface area contributed by atoms with Crippen LogP contribution < -0.4 is 9.91 Å². The van der Waals surface area contributed by atoms with Crippen LogP contribution in [0.4, 0.5) is 11.5 Å². The van der Waals surface area contributed by atoms with E-state index in [1.807, 2.05) is 0 Å². The Bertz CT molecular complexity index is 894. The first-order valence-electron chi connectivity index (χ1n) is 10.8. The van der Waals surface area contributed by atoms with Crippen LogP contribution in [-0.4, -0.2) is 61.2 Å². The molecule has 29 heavy (non-hydrogen) atoms. The second-order valence-electron chi connectivity index (χ2n) is 8.66. The van der Waals surface area contributed by atoms with Gasteiger partial charge in [0.1, 0.15) is 5.82 Å². The van der Waals surface area contributed by atoms with Crippen molar-refractivity contribution in [2.24, 2.45) is 0 Å². The number of pyridine rings is 1. The number of aryl methyl sites for hydroxylation is 1. The number of hydrogen-bond acceptors (Lipinski definition) is 5. The summed E-state index contributed by atoms with van der Waals surface area (Å²) in [4.78, 5) is 9.65. The third kappa shape index (κ3) is 3.60. The Balaban J connectivity index is 1.20. The van der Waals surface area contributed by atoms with Gasteiger partial charge < -0.3 is 14.8 Å². The molecule has 2 saturated heterocycles. The molecule has 5 rings (SSSR count). The van der Waals surface area contributed by atoms with Crippen molar-refractivity contribution in [2.75, 3.05) is 56.2 Å². The maximum atomic E-state index is 4.81. The summed E-state index contributed by atoms with van der Waals surface area (Å²) in [6, 6.07) is 11.2. The van der Waals surface area contributed by atoms with Gasteiger partial charge in [0.05, 0.1) is 5.69 Å². The van der Waals surface area contributed by atoms with Gasteiger partial charge in [-0.15, -0.1) is 0 Å². The number of hydrogen-bond donors (Lipinski definition) is 0. The Labute approximate surface area is 174 Å². The molecule has 0 N–H and O–H groups in total. The minimum absolute atomic E-state index is 0.767. The number of benzene rings is 1. The Morgan fingerprint density at radius 2 is 1.72 bits per heavy atom. The van der Waals surface area contributed by atoms with Gasteiger partial charge in [-0.3, -0.25) is 0 Å². The Morgan fingerprint density at radius 3 is 2.28 bits per heavy atom. The van der Waals surface area contributed by atoms with Crippen molar-refractivity contribution in [3.05, 3.63) is 59.8 Å². The van der Waals surface area contributed by atoms with E-state index in [0.717, 1.165) is 56.7 Å². The fraction of sp³-hybridized carbons (Fsp3) is 0.458. The van der Waals surface area contributed by atoms with Crippen molar-refractivity contribution in [2.45, 2.75) is 25.7 Å². The van der Waals surface area contributed by atoms with Gasteiger partial charge in [-0.25, -0.2) is 9.99 Å². The smallest absolute Gasteiger partial charge is 0.131 e. The summed E-state index contributed by atoms with van der Waals surface area (Å²) in [6.07, 6.45) is 4.76. The molecule has 3 heterocycles. The van der Waals surface area contributed by atoms with Crippen LogP contribution in [0, 0.1) is 6.92 Å². The number of aromatic nitrogens is 1. The van der Waals surface area contributed by atoms with Gasteiger partial charge in [0, 0.05) is 58.2 Å². The molecule has 1 aromatic carbocycles. The monoisotopic (exact) mass is 389 g/mol. The molecule has 152 valence electrons. The first kappa shape index (κ1) is 18.5. The van der Waals surface area contributed by atoms with Crippen LogP contribution in [0.15, 0.2) is 43.1 Å². The summed E-state index contributed by atoms with van der Waals surface area (Å²) < 4.78 is 0. The van der Waals surface area contributed by atoms with E-state index in [1.54, 1.807) is 0 Å². The maximum absolute atomic E-state index is 4.81. The summed E-state index contributed by atoms with van der Waals surface area (Å²) in [6.45, 7) is 12.8. The standard InChI is InChI=1S/C24H31N5/c1-18-16-22(21-4-5-21)17-25-24(18)28-13-11-27(12-14-28)19(2)20-6-8-23(9-7-20)29-15-10-26(29)3/h6-9,16-17,21H,2,4-5,10-15H2,1,3H3. The molecule has 2 aromatic rings. The molecule has 2 aliphatic heterocycles. The predicted molar refractivity (Wildman–Crippen MR) is 120 cm³/mol. The Hall–Kier alpha value is -2.53. The zero-order valence-electron chi connectivity index (χ0n) is 17.6. The maximum Gasteiger partial charge on any atom is 0.131 e. The zero-order chi connectivity index (χ0) is 20.0. The summed E-state index contributed by atoms with van der Waals surface area (Å²) >= 11 is 0. The zero-order valence-corrected chi connectivity index (χ0v) is 17.6. The highest BCUT2D eigenvalue weighted by atomic mass is 15.7. The molecule has 3 aliphatic rings. The number of piperazine rings is 1. The van der Waals surface area contributed by atoms with Crippen LogP contribution in [0.2, 0.25) is 0 Å². The van der Waals surface area contributed by atoms with E-state index in [2.05, 4.69) is 76.9 Å². The highest BCUT2D eigenvalue weighted by molar-refractivity contribution is 5.65. The van der Waals surface area contributed by atoms with E-state index in [9.17, 15) is 0 Å². The van der Waals surface area contributed by atoms with Crippen LogP contribution in [-0.2, 0) is 0 Å². The van der Waals surface area contributed by atoms with Crippen molar-refractivity contribution in [1.29, 1.82) is 0 Å². The van der Waals surface area contributed by atoms with Crippen molar-refractivity contribution < 1.29 is 0 Å². The van der Waals surface area contributed by atoms with E-state index < -0.39 is 0 Å². The quantitative estimate of drug-likeness (QED) is 0.776. The molecule has 1 aliphatic carbocycles. The molecule has 0 amide bonds. The number of hydrazine groups is 1. The van der Waals surface area contributed by atoms with E-state index in [4.69, 9.17) is 4.98 Å². The fourth-order valence-corrected chi connectivity index (χ4v) is 4.48. The molecule has 1 aromatic heterocycles. The van der Waals surface area contributed by atoms with E-state index in [0.29, 0.717) is 0 Å². The van der Waals surface area contributed by atoms with Gasteiger partial charge in [-0.05, 0) is 54.5 Å². The fourth-order valence-electron chi connectivity index (χ4n) is 4.48. The molecule has 0 bridgehead atoms. The van der Waals surface area contributed by atoms with Gasteiger partial charge in [0.2, 0.25) is 0 Å². The van der Waals surface area contributed by atoms with Crippen molar-refractivity contribution >= 4 is 17.2 Å². The molecular weight excluding hydrogens is 358 g/mol. The van der Waals surface area contributed by atoms with Gasteiger partial charge in [-0.1, -0.05) is 24.8 Å². The lowest BCUT2D eigenvalue weighted by Gasteiger charge is -2.43. The molecule has 0 atom stereocenters. The largest absolute Gasteiger partial charge is 0.368 e. The van der Waals surface area contributed by atoms with Crippen molar-refractivity contribution in [3.63, 3.8) is 0 Å². The number of nitrogens with zero attached hydrogens (tertiary/aromatic N) is 5. The van der Waals surface area contributed by atoms with Crippen LogP contribution in [0.3, 0.4) is 0 Å². The molecular formula is C24H31N5. The van der Waals surface area contributed by atoms with Crippen molar-refractivity contribution in [1.82, 2.24) is 14.9 Å². The number of anilines is 2. The van der Waals surface area contributed by atoms with Crippen LogP contribution in [0.5, 0.6) is 0 Å². The lowest BCUT2D eigenvalue weighted by Crippen LogP contribution is -2.54. The van der Waals surface area contributed by atoms with Crippen LogP contribution >= 0.6 is 0 Å². The highest BCUT2D eigenvalue weighted by Gasteiger charge is 2.26. The normalized spacial score (nSPS) is 20.0. The van der Waals surface area contributed by atoms with E-state index in [-0.39, 0.29) is 0 Å². The van der Waals surface area contributed by atoms with Gasteiger partial charge in [-0.2, -0.15) is 0 Å².